The number of benzene rings is 1. The van der Waals surface area contributed by atoms with Gasteiger partial charge in [0.05, 0.1) is 0 Å². The lowest BCUT2D eigenvalue weighted by Crippen LogP contribution is -2.39. The van der Waals surface area contributed by atoms with Crippen LogP contribution in [0.1, 0.15) is 25.3 Å². The van der Waals surface area contributed by atoms with Crippen LogP contribution >= 0.6 is 28.1 Å². The molecule has 5 heteroatoms. The second-order valence-corrected chi connectivity index (χ2v) is 6.60. The van der Waals surface area contributed by atoms with Crippen LogP contribution in [0.15, 0.2) is 22.7 Å². The van der Waals surface area contributed by atoms with Crippen molar-refractivity contribution in [2.45, 2.75) is 25.8 Å². The molecule has 0 saturated carbocycles. The lowest BCUT2D eigenvalue weighted by Gasteiger charge is -2.30. The second-order valence-electron chi connectivity index (χ2n) is 5.30. The third-order valence-electron chi connectivity index (χ3n) is 4.04. The summed E-state index contributed by atoms with van der Waals surface area (Å²) in [6.07, 6.45) is 2.57. The zero-order valence-electron chi connectivity index (χ0n) is 12.1. The fourth-order valence-corrected chi connectivity index (χ4v) is 3.92. The molecule has 2 rings (SSSR count). The second kappa shape index (κ2) is 6.87. The van der Waals surface area contributed by atoms with Crippen molar-refractivity contribution >= 4 is 38.8 Å². The number of likely N-dealkylation sites (N-methyl/N-ethyl adjacent to an activating group) is 2. The summed E-state index contributed by atoms with van der Waals surface area (Å²) in [5.74, 6) is 0. The van der Waals surface area contributed by atoms with Gasteiger partial charge in [-0.25, -0.2) is 0 Å². The maximum atomic E-state index is 5.88. The molecule has 0 amide bonds. The summed E-state index contributed by atoms with van der Waals surface area (Å²) < 4.78 is 0.966. The molecule has 20 heavy (non-hydrogen) atoms. The van der Waals surface area contributed by atoms with Gasteiger partial charge in [-0.15, -0.1) is 0 Å². The number of anilines is 1. The number of rotatable bonds is 5. The molecule has 0 spiro atoms. The van der Waals surface area contributed by atoms with Crippen LogP contribution in [0.5, 0.6) is 0 Å². The average molecular weight is 356 g/mol. The molecule has 3 nitrogen and oxygen atoms in total. The van der Waals surface area contributed by atoms with Crippen LogP contribution in [0.3, 0.4) is 0 Å². The highest BCUT2D eigenvalue weighted by Crippen LogP contribution is 2.28. The quantitative estimate of drug-likeness (QED) is 0.823. The van der Waals surface area contributed by atoms with E-state index < -0.39 is 0 Å². The van der Waals surface area contributed by atoms with E-state index in [-0.39, 0.29) is 0 Å². The van der Waals surface area contributed by atoms with Gasteiger partial charge in [-0.05, 0) is 54.0 Å². The van der Waals surface area contributed by atoms with Gasteiger partial charge in [0.2, 0.25) is 0 Å². The van der Waals surface area contributed by atoms with E-state index in [2.05, 4.69) is 45.8 Å². The van der Waals surface area contributed by atoms with Gasteiger partial charge in [-0.1, -0.05) is 25.2 Å². The third-order valence-corrected chi connectivity index (χ3v) is 4.90. The molecule has 0 radical (unpaired) electrons. The first-order valence-electron chi connectivity index (χ1n) is 7.08. The molecule has 110 valence electrons. The van der Waals surface area contributed by atoms with Gasteiger partial charge in [-0.3, -0.25) is 4.90 Å². The zero-order chi connectivity index (χ0) is 14.7. The lowest BCUT2D eigenvalue weighted by atomic mass is 10.1. The predicted molar refractivity (Wildman–Crippen MR) is 93.6 cm³/mol. The summed E-state index contributed by atoms with van der Waals surface area (Å²) in [5, 5.41) is 0. The van der Waals surface area contributed by atoms with Gasteiger partial charge in [0.25, 0.3) is 0 Å². The number of hydrogen-bond donors (Lipinski definition) is 1. The molecule has 1 fully saturated rings. The minimum atomic E-state index is 0.443. The van der Waals surface area contributed by atoms with E-state index in [0.717, 1.165) is 28.8 Å². The number of nitrogens with zero attached hydrogens (tertiary/aromatic N) is 2. The highest BCUT2D eigenvalue weighted by atomic mass is 79.9. The molecule has 1 heterocycles. The average Bonchev–Trinajstić information content (AvgIpc) is 2.85. The van der Waals surface area contributed by atoms with Crippen molar-refractivity contribution < 1.29 is 0 Å². The molecule has 0 aromatic heterocycles. The Hall–Kier alpha value is -0.650. The van der Waals surface area contributed by atoms with E-state index in [1.165, 1.54) is 19.4 Å². The molecule has 1 aliphatic heterocycles. The summed E-state index contributed by atoms with van der Waals surface area (Å²) in [6.45, 7) is 5.59. The number of thiocarbonyl (C=S) groups is 1. The summed E-state index contributed by atoms with van der Waals surface area (Å²) in [4.78, 5) is 5.27. The number of nitrogens with two attached hydrogens (primary N) is 1. The highest BCUT2D eigenvalue weighted by Gasteiger charge is 2.25. The first-order chi connectivity index (χ1) is 9.54. The Balaban J connectivity index is 2.19. The van der Waals surface area contributed by atoms with Crippen molar-refractivity contribution in [3.63, 3.8) is 0 Å². The molecular weight excluding hydrogens is 334 g/mol. The molecule has 2 N–H and O–H groups in total. The van der Waals surface area contributed by atoms with Crippen LogP contribution in [-0.4, -0.2) is 42.6 Å². The maximum absolute atomic E-state index is 5.88. The normalized spacial score (nSPS) is 19.2. The van der Waals surface area contributed by atoms with Crippen molar-refractivity contribution in [3.05, 3.63) is 28.2 Å². The number of halogens is 1. The Kier molecular flexibility index (Phi) is 5.41. The molecule has 1 atom stereocenters. The standard InChI is InChI=1S/C15H22BrN3S/c1-3-19-9-5-6-11(19)10-18(2)13-8-4-7-12(16)14(13)15(17)20/h4,7-8,11H,3,5-6,9-10H2,1-2H3,(H2,17,20). The molecule has 1 aromatic carbocycles. The Morgan fingerprint density at radius 3 is 2.95 bits per heavy atom. The van der Waals surface area contributed by atoms with Crippen LogP contribution < -0.4 is 10.6 Å². The minimum absolute atomic E-state index is 0.443. The van der Waals surface area contributed by atoms with Gasteiger partial charge < -0.3 is 10.6 Å². The first-order valence-corrected chi connectivity index (χ1v) is 8.28. The van der Waals surface area contributed by atoms with Gasteiger partial charge in [0.15, 0.2) is 0 Å². The Morgan fingerprint density at radius 1 is 1.55 bits per heavy atom. The van der Waals surface area contributed by atoms with Crippen molar-refractivity contribution in [3.8, 4) is 0 Å². The third kappa shape index (κ3) is 3.32. The molecule has 1 unspecified atom stereocenters. The van der Waals surface area contributed by atoms with E-state index in [9.17, 15) is 0 Å². The Labute approximate surface area is 135 Å². The zero-order valence-corrected chi connectivity index (χ0v) is 14.5. The van der Waals surface area contributed by atoms with E-state index in [0.29, 0.717) is 11.0 Å². The van der Waals surface area contributed by atoms with Crippen molar-refractivity contribution in [2.24, 2.45) is 5.73 Å². The number of hydrogen-bond acceptors (Lipinski definition) is 3. The summed E-state index contributed by atoms with van der Waals surface area (Å²) >= 11 is 8.75. The van der Waals surface area contributed by atoms with E-state index >= 15 is 0 Å². The fraction of sp³-hybridized carbons (Fsp3) is 0.533. The highest BCUT2D eigenvalue weighted by molar-refractivity contribution is 9.10. The van der Waals surface area contributed by atoms with Crippen LogP contribution in [0.2, 0.25) is 0 Å². The molecular formula is C15H22BrN3S. The predicted octanol–water partition coefficient (Wildman–Crippen LogP) is 3.00. The fourth-order valence-electron chi connectivity index (χ4n) is 3.01. The van der Waals surface area contributed by atoms with E-state index in [1.807, 2.05) is 12.1 Å². The van der Waals surface area contributed by atoms with E-state index in [4.69, 9.17) is 18.0 Å². The van der Waals surface area contributed by atoms with Gasteiger partial charge in [0, 0.05) is 35.4 Å². The molecule has 0 bridgehead atoms. The van der Waals surface area contributed by atoms with Gasteiger partial charge in [0.1, 0.15) is 4.99 Å². The Morgan fingerprint density at radius 2 is 2.30 bits per heavy atom. The minimum Gasteiger partial charge on any atom is -0.389 e. The Bertz CT molecular complexity index is 492. The molecule has 1 saturated heterocycles. The SMILES string of the molecule is CCN1CCCC1CN(C)c1cccc(Br)c1C(N)=S. The van der Waals surface area contributed by atoms with Crippen molar-refractivity contribution in [2.75, 3.05) is 31.6 Å². The van der Waals surface area contributed by atoms with Crippen molar-refractivity contribution in [1.82, 2.24) is 4.90 Å². The van der Waals surface area contributed by atoms with E-state index in [1.54, 1.807) is 0 Å². The monoisotopic (exact) mass is 355 g/mol. The topological polar surface area (TPSA) is 32.5 Å². The smallest absolute Gasteiger partial charge is 0.107 e. The number of likely N-dealkylation sites (tertiary alicyclic amines) is 1. The lowest BCUT2D eigenvalue weighted by molar-refractivity contribution is 0.270. The summed E-state index contributed by atoms with van der Waals surface area (Å²) in [7, 11) is 2.12. The van der Waals surface area contributed by atoms with Crippen molar-refractivity contribution in [1.29, 1.82) is 0 Å². The summed E-state index contributed by atoms with van der Waals surface area (Å²) in [5.41, 5.74) is 7.92. The maximum Gasteiger partial charge on any atom is 0.107 e. The molecule has 1 aliphatic rings. The van der Waals surface area contributed by atoms with Crippen LogP contribution in [-0.2, 0) is 0 Å². The van der Waals surface area contributed by atoms with Gasteiger partial charge >= 0.3 is 0 Å². The van der Waals surface area contributed by atoms with Crippen LogP contribution in [0, 0.1) is 0 Å². The van der Waals surface area contributed by atoms with Crippen LogP contribution in [0.25, 0.3) is 0 Å². The molecule has 0 aliphatic carbocycles. The largest absolute Gasteiger partial charge is 0.389 e. The molecule has 1 aromatic rings. The first kappa shape index (κ1) is 15.7. The van der Waals surface area contributed by atoms with Gasteiger partial charge in [-0.2, -0.15) is 0 Å². The van der Waals surface area contributed by atoms with Crippen LogP contribution in [0.4, 0.5) is 5.69 Å². The summed E-state index contributed by atoms with van der Waals surface area (Å²) in [6, 6.07) is 6.73.